The molecule has 0 unspecified atom stereocenters. The average molecular weight is 448 g/mol. The number of hydrogen-bond acceptors (Lipinski definition) is 5. The van der Waals surface area contributed by atoms with Gasteiger partial charge in [-0.15, -0.1) is 0 Å². The van der Waals surface area contributed by atoms with Crippen LogP contribution in [0.5, 0.6) is 5.75 Å². The van der Waals surface area contributed by atoms with Gasteiger partial charge in [0.25, 0.3) is 0 Å². The van der Waals surface area contributed by atoms with Gasteiger partial charge in [0.05, 0.1) is 18.0 Å². The Morgan fingerprint density at radius 1 is 0.969 bits per heavy atom. The van der Waals surface area contributed by atoms with Gasteiger partial charge in [-0.2, -0.15) is 5.01 Å². The van der Waals surface area contributed by atoms with Gasteiger partial charge in [-0.25, -0.2) is 12.7 Å². The molecule has 0 amide bonds. The van der Waals surface area contributed by atoms with Crippen molar-refractivity contribution in [3.05, 3.63) is 83.9 Å². The van der Waals surface area contributed by atoms with Gasteiger partial charge in [-0.3, -0.25) is 0 Å². The largest absolute Gasteiger partial charge is 0.470 e. The van der Waals surface area contributed by atoms with E-state index in [9.17, 15) is 8.42 Å². The number of ether oxygens (including phenoxy) is 1. The molecule has 1 spiro atoms. The van der Waals surface area contributed by atoms with Gasteiger partial charge in [-0.05, 0) is 34.5 Å². The molecule has 164 valence electrons. The maximum absolute atomic E-state index is 12.1. The van der Waals surface area contributed by atoms with E-state index in [0.29, 0.717) is 25.9 Å². The van der Waals surface area contributed by atoms with Crippen molar-refractivity contribution in [1.82, 2.24) is 14.7 Å². The fourth-order valence-electron chi connectivity index (χ4n) is 5.15. The third kappa shape index (κ3) is 3.11. The van der Waals surface area contributed by atoms with Crippen LogP contribution in [0.15, 0.2) is 72.8 Å². The Kier molecular flexibility index (Phi) is 4.37. The molecule has 0 radical (unpaired) electrons. The van der Waals surface area contributed by atoms with Crippen molar-refractivity contribution >= 4 is 26.5 Å². The number of para-hydroxylation sites is 1. The van der Waals surface area contributed by atoms with Gasteiger partial charge in [0, 0.05) is 31.5 Å². The highest BCUT2D eigenvalue weighted by Crippen LogP contribution is 2.48. The summed E-state index contributed by atoms with van der Waals surface area (Å²) in [7, 11) is -3.21. The second-order valence-corrected chi connectivity index (χ2v) is 10.8. The molecule has 6 nitrogen and oxygen atoms in total. The summed E-state index contributed by atoms with van der Waals surface area (Å²) in [6.07, 6.45) is 4.72. The highest BCUT2D eigenvalue weighted by molar-refractivity contribution is 7.88. The number of nitrogens with zero attached hydrogens (tertiary/aromatic N) is 2. The highest BCUT2D eigenvalue weighted by atomic mass is 32.2. The van der Waals surface area contributed by atoms with E-state index in [2.05, 4.69) is 65.0 Å². The number of hydrogen-bond donors (Lipinski definition) is 1. The van der Waals surface area contributed by atoms with Crippen molar-refractivity contribution in [2.24, 2.45) is 0 Å². The van der Waals surface area contributed by atoms with E-state index in [4.69, 9.17) is 4.74 Å². The number of rotatable bonds is 2. The average Bonchev–Trinajstić information content (AvgIpc) is 3.26. The molecule has 6 rings (SSSR count). The van der Waals surface area contributed by atoms with Crippen LogP contribution in [0.1, 0.15) is 30.0 Å². The van der Waals surface area contributed by atoms with Crippen molar-refractivity contribution in [3.63, 3.8) is 0 Å². The van der Waals surface area contributed by atoms with Crippen LogP contribution < -0.4 is 10.2 Å². The quantitative estimate of drug-likeness (QED) is 0.646. The van der Waals surface area contributed by atoms with Crippen LogP contribution in [0.4, 0.5) is 0 Å². The molecule has 0 saturated carbocycles. The van der Waals surface area contributed by atoms with E-state index < -0.39 is 15.7 Å². The zero-order valence-corrected chi connectivity index (χ0v) is 18.7. The minimum atomic E-state index is -3.21. The monoisotopic (exact) mass is 447 g/mol. The van der Waals surface area contributed by atoms with Crippen LogP contribution >= 0.6 is 0 Å². The summed E-state index contributed by atoms with van der Waals surface area (Å²) in [5, 5.41) is 4.61. The van der Waals surface area contributed by atoms with Crippen LogP contribution in [-0.2, 0) is 10.0 Å². The summed E-state index contributed by atoms with van der Waals surface area (Å²) in [6, 6.07) is 23.0. The lowest BCUT2D eigenvalue weighted by Crippen LogP contribution is -2.64. The van der Waals surface area contributed by atoms with Gasteiger partial charge in [0.15, 0.2) is 5.72 Å². The van der Waals surface area contributed by atoms with Gasteiger partial charge < -0.3 is 10.2 Å². The Balaban J connectivity index is 1.39. The third-order valence-electron chi connectivity index (χ3n) is 6.85. The summed E-state index contributed by atoms with van der Waals surface area (Å²) >= 11 is 0. The Morgan fingerprint density at radius 3 is 2.47 bits per heavy atom. The van der Waals surface area contributed by atoms with Crippen molar-refractivity contribution in [3.8, 4) is 5.75 Å². The van der Waals surface area contributed by atoms with Crippen molar-refractivity contribution in [2.75, 3.05) is 19.3 Å². The Hall–Kier alpha value is -2.87. The summed E-state index contributed by atoms with van der Waals surface area (Å²) < 4.78 is 32.3. The molecule has 1 atom stereocenters. The smallest absolute Gasteiger partial charge is 0.211 e. The van der Waals surface area contributed by atoms with E-state index in [1.807, 2.05) is 18.2 Å². The highest BCUT2D eigenvalue weighted by Gasteiger charge is 2.52. The summed E-state index contributed by atoms with van der Waals surface area (Å²) in [6.45, 7) is 0.883. The van der Waals surface area contributed by atoms with Gasteiger partial charge in [0.2, 0.25) is 10.0 Å². The minimum absolute atomic E-state index is 0.0196. The molecule has 3 aromatic carbocycles. The third-order valence-corrected chi connectivity index (χ3v) is 8.16. The first-order valence-corrected chi connectivity index (χ1v) is 12.8. The maximum atomic E-state index is 12.1. The SMILES string of the molecule is CS(=O)(=O)N1CCC2(CC1)Oc1ccccc1[C@H]1C=C(c3ccc4ccccc4c3)NN12. The maximum Gasteiger partial charge on any atom is 0.211 e. The molecule has 1 N–H and O–H groups in total. The fourth-order valence-corrected chi connectivity index (χ4v) is 6.00. The molecule has 0 aromatic heterocycles. The lowest BCUT2D eigenvalue weighted by Gasteiger charge is -2.51. The van der Waals surface area contributed by atoms with Gasteiger partial charge in [0.1, 0.15) is 5.75 Å². The predicted molar refractivity (Wildman–Crippen MR) is 125 cm³/mol. The van der Waals surface area contributed by atoms with Crippen LogP contribution in [0.3, 0.4) is 0 Å². The standard InChI is InChI=1S/C25H25N3O3S/c1-32(29,30)27-14-12-25(13-15-27)28-23(21-8-4-5-9-24(21)31-25)17-22(26-28)20-11-10-18-6-2-3-7-19(18)16-20/h2-11,16-17,23,26H,12-15H2,1H3/t23-/m1/s1. The number of benzene rings is 3. The number of hydrazine groups is 1. The van der Waals surface area contributed by atoms with Crippen molar-refractivity contribution in [1.29, 1.82) is 0 Å². The van der Waals surface area contributed by atoms with Crippen LogP contribution in [0, 0.1) is 0 Å². The fraction of sp³-hybridized carbons (Fsp3) is 0.280. The molecule has 3 aliphatic rings. The molecular formula is C25H25N3O3S. The number of piperidine rings is 1. The van der Waals surface area contributed by atoms with E-state index in [0.717, 1.165) is 22.6 Å². The summed E-state index contributed by atoms with van der Waals surface area (Å²) in [5.41, 5.74) is 6.32. The predicted octanol–water partition coefficient (Wildman–Crippen LogP) is 3.89. The molecule has 3 heterocycles. The normalized spacial score (nSPS) is 22.7. The molecular weight excluding hydrogens is 422 g/mol. The molecule has 3 aliphatic heterocycles. The lowest BCUT2D eigenvalue weighted by molar-refractivity contribution is -0.153. The van der Waals surface area contributed by atoms with E-state index >= 15 is 0 Å². The topological polar surface area (TPSA) is 61.9 Å². The molecule has 1 fully saturated rings. The number of sulfonamides is 1. The zero-order valence-electron chi connectivity index (χ0n) is 17.9. The second kappa shape index (κ2) is 7.07. The van der Waals surface area contributed by atoms with Crippen LogP contribution in [-0.4, -0.2) is 42.8 Å². The zero-order chi connectivity index (χ0) is 21.9. The van der Waals surface area contributed by atoms with Gasteiger partial charge >= 0.3 is 0 Å². The number of fused-ring (bicyclic) bond motifs is 5. The molecule has 3 aromatic rings. The van der Waals surface area contributed by atoms with Gasteiger partial charge in [-0.1, -0.05) is 54.6 Å². The summed E-state index contributed by atoms with van der Waals surface area (Å²) in [4.78, 5) is 0. The van der Waals surface area contributed by atoms with Crippen LogP contribution in [0.2, 0.25) is 0 Å². The van der Waals surface area contributed by atoms with E-state index in [-0.39, 0.29) is 6.04 Å². The first-order valence-electron chi connectivity index (χ1n) is 10.9. The van der Waals surface area contributed by atoms with E-state index in [1.54, 1.807) is 4.31 Å². The lowest BCUT2D eigenvalue weighted by atomic mass is 9.93. The first kappa shape index (κ1) is 19.8. The summed E-state index contributed by atoms with van der Waals surface area (Å²) in [5.74, 6) is 0.874. The Labute approximate surface area is 188 Å². The van der Waals surface area contributed by atoms with Crippen molar-refractivity contribution in [2.45, 2.75) is 24.6 Å². The van der Waals surface area contributed by atoms with Crippen molar-refractivity contribution < 1.29 is 13.2 Å². The van der Waals surface area contributed by atoms with Crippen LogP contribution in [0.25, 0.3) is 16.5 Å². The molecule has 0 aliphatic carbocycles. The second-order valence-electron chi connectivity index (χ2n) is 8.82. The first-order chi connectivity index (χ1) is 15.4. The Bertz CT molecular complexity index is 1340. The molecule has 1 saturated heterocycles. The molecule has 7 heteroatoms. The Morgan fingerprint density at radius 2 is 1.69 bits per heavy atom. The molecule has 0 bridgehead atoms. The minimum Gasteiger partial charge on any atom is -0.470 e. The van der Waals surface area contributed by atoms with E-state index in [1.165, 1.54) is 17.0 Å². The number of nitrogens with one attached hydrogen (secondary N) is 1. The molecule has 32 heavy (non-hydrogen) atoms.